The van der Waals surface area contributed by atoms with Crippen molar-refractivity contribution in [2.45, 2.75) is 36.7 Å². The van der Waals surface area contributed by atoms with E-state index >= 15 is 0 Å². The number of nitrogens with one attached hydrogen (secondary N) is 2. The van der Waals surface area contributed by atoms with Crippen LogP contribution in [0.4, 0.5) is 0 Å². The molecule has 1 fully saturated rings. The Labute approximate surface area is 118 Å². The summed E-state index contributed by atoms with van der Waals surface area (Å²) in [6.45, 7) is 1.25. The molecule has 20 heavy (non-hydrogen) atoms. The van der Waals surface area contributed by atoms with E-state index in [1.807, 2.05) is 0 Å². The van der Waals surface area contributed by atoms with Crippen molar-refractivity contribution in [1.29, 1.82) is 0 Å². The van der Waals surface area contributed by atoms with Crippen molar-refractivity contribution in [2.24, 2.45) is 5.14 Å². The van der Waals surface area contributed by atoms with Crippen LogP contribution in [0, 0.1) is 0 Å². The second-order valence-corrected chi connectivity index (χ2v) is 6.47. The van der Waals surface area contributed by atoms with Gasteiger partial charge in [0.2, 0.25) is 15.9 Å². The van der Waals surface area contributed by atoms with Crippen LogP contribution in [0.2, 0.25) is 0 Å². The van der Waals surface area contributed by atoms with Gasteiger partial charge in [-0.1, -0.05) is 18.6 Å². The third kappa shape index (κ3) is 4.03. The molecule has 7 heteroatoms. The highest BCUT2D eigenvalue weighted by molar-refractivity contribution is 7.89. The number of primary sulfonamides is 1. The highest BCUT2D eigenvalue weighted by atomic mass is 32.2. The smallest absolute Gasteiger partial charge is 0.238 e. The summed E-state index contributed by atoms with van der Waals surface area (Å²) >= 11 is 0. The average molecular weight is 297 g/mol. The van der Waals surface area contributed by atoms with Crippen molar-refractivity contribution in [1.82, 2.24) is 10.6 Å². The molecule has 1 atom stereocenters. The van der Waals surface area contributed by atoms with Gasteiger partial charge >= 0.3 is 0 Å². The van der Waals surface area contributed by atoms with E-state index in [9.17, 15) is 13.2 Å². The molecule has 0 spiro atoms. The van der Waals surface area contributed by atoms with Gasteiger partial charge in [0.05, 0.1) is 10.9 Å². The lowest BCUT2D eigenvalue weighted by molar-refractivity contribution is -0.123. The van der Waals surface area contributed by atoms with Crippen molar-refractivity contribution >= 4 is 15.9 Å². The maximum Gasteiger partial charge on any atom is 0.238 e. The number of hydrogen-bond donors (Lipinski definition) is 3. The van der Waals surface area contributed by atoms with Gasteiger partial charge in [-0.3, -0.25) is 4.79 Å². The molecule has 1 aromatic carbocycles. The number of hydrogen-bond acceptors (Lipinski definition) is 4. The first-order chi connectivity index (χ1) is 9.47. The van der Waals surface area contributed by atoms with Gasteiger partial charge in [0.1, 0.15) is 0 Å². The number of carbonyl (C=O) groups is 1. The van der Waals surface area contributed by atoms with Crippen LogP contribution in [0.3, 0.4) is 0 Å². The summed E-state index contributed by atoms with van der Waals surface area (Å²) in [5, 5.41) is 11.0. The Morgan fingerprint density at radius 1 is 1.30 bits per heavy atom. The molecule has 1 aromatic rings. The zero-order chi connectivity index (χ0) is 14.6. The van der Waals surface area contributed by atoms with Crippen LogP contribution in [-0.2, 0) is 21.4 Å². The molecule has 1 aliphatic heterocycles. The van der Waals surface area contributed by atoms with E-state index < -0.39 is 10.0 Å². The predicted molar refractivity (Wildman–Crippen MR) is 75.3 cm³/mol. The molecule has 0 unspecified atom stereocenters. The van der Waals surface area contributed by atoms with Crippen molar-refractivity contribution < 1.29 is 13.2 Å². The maximum absolute atomic E-state index is 11.9. The van der Waals surface area contributed by atoms with Crippen LogP contribution in [-0.4, -0.2) is 26.9 Å². The lowest BCUT2D eigenvalue weighted by atomic mass is 10.0. The fraction of sp³-hybridized carbons (Fsp3) is 0.462. The maximum atomic E-state index is 11.9. The zero-order valence-corrected chi connectivity index (χ0v) is 11.9. The fourth-order valence-electron chi connectivity index (χ4n) is 2.18. The van der Waals surface area contributed by atoms with Crippen molar-refractivity contribution in [3.63, 3.8) is 0 Å². The first-order valence-electron chi connectivity index (χ1n) is 6.59. The van der Waals surface area contributed by atoms with Crippen LogP contribution in [0.1, 0.15) is 24.8 Å². The average Bonchev–Trinajstić information content (AvgIpc) is 2.45. The van der Waals surface area contributed by atoms with Gasteiger partial charge < -0.3 is 10.6 Å². The van der Waals surface area contributed by atoms with E-state index in [1.54, 1.807) is 12.1 Å². The summed E-state index contributed by atoms with van der Waals surface area (Å²) in [5.74, 6) is -0.0137. The van der Waals surface area contributed by atoms with E-state index in [0.29, 0.717) is 6.54 Å². The molecule has 110 valence electrons. The standard InChI is InChI=1S/C13H19N3O3S/c14-20(18,19)11-6-4-10(5-7-11)9-16-13(17)12-3-1-2-8-15-12/h4-7,12,15H,1-3,8-9H2,(H,16,17)(H2,14,18,19)/t12-/m1/s1. The minimum atomic E-state index is -3.67. The van der Waals surface area contributed by atoms with Crippen molar-refractivity contribution in [3.05, 3.63) is 29.8 Å². The summed E-state index contributed by atoms with van der Waals surface area (Å²) in [7, 11) is -3.67. The number of carbonyl (C=O) groups excluding carboxylic acids is 1. The molecule has 0 radical (unpaired) electrons. The Morgan fingerprint density at radius 2 is 2.00 bits per heavy atom. The van der Waals surface area contributed by atoms with Crippen molar-refractivity contribution in [3.8, 4) is 0 Å². The van der Waals surface area contributed by atoms with Crippen LogP contribution in [0.25, 0.3) is 0 Å². The Hall–Kier alpha value is -1.44. The number of sulfonamides is 1. The van der Waals surface area contributed by atoms with Gasteiger partial charge in [0, 0.05) is 6.54 Å². The topological polar surface area (TPSA) is 101 Å². The summed E-state index contributed by atoms with van der Waals surface area (Å²) in [6.07, 6.45) is 3.03. The summed E-state index contributed by atoms with van der Waals surface area (Å²) in [4.78, 5) is 12.0. The Kier molecular flexibility index (Phi) is 4.74. The molecule has 2 rings (SSSR count). The number of amides is 1. The Balaban J connectivity index is 1.89. The summed E-state index contributed by atoms with van der Waals surface area (Å²) < 4.78 is 22.2. The van der Waals surface area contributed by atoms with Gasteiger partial charge in [-0.25, -0.2) is 13.6 Å². The molecular formula is C13H19N3O3S. The van der Waals surface area contributed by atoms with Gasteiger partial charge in [-0.15, -0.1) is 0 Å². The van der Waals surface area contributed by atoms with E-state index in [1.165, 1.54) is 12.1 Å². The molecule has 6 nitrogen and oxygen atoms in total. The number of piperidine rings is 1. The normalized spacial score (nSPS) is 19.6. The lowest BCUT2D eigenvalue weighted by Gasteiger charge is -2.22. The zero-order valence-electron chi connectivity index (χ0n) is 11.1. The molecule has 0 bridgehead atoms. The van der Waals surface area contributed by atoms with Crippen LogP contribution >= 0.6 is 0 Å². The number of nitrogens with two attached hydrogens (primary N) is 1. The molecule has 1 aliphatic rings. The van der Waals surface area contributed by atoms with E-state index in [-0.39, 0.29) is 16.8 Å². The predicted octanol–water partition coefficient (Wildman–Crippen LogP) is 0.0923. The monoisotopic (exact) mass is 297 g/mol. The summed E-state index contributed by atoms with van der Waals surface area (Å²) in [6, 6.07) is 6.06. The third-order valence-electron chi connectivity index (χ3n) is 3.35. The second kappa shape index (κ2) is 6.34. The van der Waals surface area contributed by atoms with E-state index in [2.05, 4.69) is 10.6 Å². The first-order valence-corrected chi connectivity index (χ1v) is 8.14. The Morgan fingerprint density at radius 3 is 2.55 bits per heavy atom. The van der Waals surface area contributed by atoms with E-state index in [0.717, 1.165) is 31.4 Å². The molecular weight excluding hydrogens is 278 g/mol. The third-order valence-corrected chi connectivity index (χ3v) is 4.27. The quantitative estimate of drug-likeness (QED) is 0.733. The molecule has 1 amide bonds. The molecule has 0 aromatic heterocycles. The first kappa shape index (κ1) is 15.0. The fourth-order valence-corrected chi connectivity index (χ4v) is 2.70. The van der Waals surface area contributed by atoms with Gasteiger partial charge in [0.25, 0.3) is 0 Å². The van der Waals surface area contributed by atoms with Crippen molar-refractivity contribution in [2.75, 3.05) is 6.54 Å². The highest BCUT2D eigenvalue weighted by Gasteiger charge is 2.19. The minimum absolute atomic E-state index is 0.0137. The van der Waals surface area contributed by atoms with Gasteiger partial charge in [-0.2, -0.15) is 0 Å². The number of benzene rings is 1. The Bertz CT molecular complexity index is 563. The lowest BCUT2D eigenvalue weighted by Crippen LogP contribution is -2.46. The van der Waals surface area contributed by atoms with Gasteiger partial charge in [-0.05, 0) is 37.1 Å². The molecule has 1 saturated heterocycles. The molecule has 0 aliphatic carbocycles. The van der Waals surface area contributed by atoms with Crippen LogP contribution in [0.5, 0.6) is 0 Å². The van der Waals surface area contributed by atoms with Crippen LogP contribution < -0.4 is 15.8 Å². The van der Waals surface area contributed by atoms with Gasteiger partial charge in [0.15, 0.2) is 0 Å². The SMILES string of the molecule is NS(=O)(=O)c1ccc(CNC(=O)[C@H]2CCCCN2)cc1. The molecule has 0 saturated carbocycles. The minimum Gasteiger partial charge on any atom is -0.351 e. The molecule has 4 N–H and O–H groups in total. The summed E-state index contributed by atoms with van der Waals surface area (Å²) in [5.41, 5.74) is 0.835. The van der Waals surface area contributed by atoms with E-state index in [4.69, 9.17) is 5.14 Å². The second-order valence-electron chi connectivity index (χ2n) is 4.91. The number of rotatable bonds is 4. The largest absolute Gasteiger partial charge is 0.351 e. The molecule has 1 heterocycles. The van der Waals surface area contributed by atoms with Crippen LogP contribution in [0.15, 0.2) is 29.2 Å². The highest BCUT2D eigenvalue weighted by Crippen LogP contribution is 2.10.